The van der Waals surface area contributed by atoms with Crippen LogP contribution in [-0.2, 0) is 4.79 Å². The number of nitrogens with zero attached hydrogens (tertiary/aromatic N) is 1. The Hall–Kier alpha value is -1.81. The van der Waals surface area contributed by atoms with Gasteiger partial charge in [-0.05, 0) is 23.8 Å². The Morgan fingerprint density at radius 3 is 3.00 bits per heavy atom. The molecule has 0 spiro atoms. The fourth-order valence-corrected chi connectivity index (χ4v) is 2.35. The van der Waals surface area contributed by atoms with Gasteiger partial charge in [-0.2, -0.15) is 5.10 Å². The highest BCUT2D eigenvalue weighted by atomic mass is 35.5. The van der Waals surface area contributed by atoms with Gasteiger partial charge in [0.25, 0.3) is 0 Å². The van der Waals surface area contributed by atoms with E-state index in [4.69, 9.17) is 11.6 Å². The fourth-order valence-electron chi connectivity index (χ4n) is 2.18. The summed E-state index contributed by atoms with van der Waals surface area (Å²) in [5.74, 6) is 0.0258. The van der Waals surface area contributed by atoms with Crippen molar-refractivity contribution in [2.24, 2.45) is 0 Å². The molecule has 86 valence electrons. The number of anilines is 1. The van der Waals surface area contributed by atoms with Crippen molar-refractivity contribution in [3.05, 3.63) is 46.7 Å². The number of hydrogen-bond donors (Lipinski definition) is 2. The molecule has 1 aliphatic rings. The Morgan fingerprint density at radius 2 is 2.24 bits per heavy atom. The average molecular weight is 248 g/mol. The van der Waals surface area contributed by atoms with Gasteiger partial charge in [0.05, 0.1) is 0 Å². The van der Waals surface area contributed by atoms with Crippen LogP contribution < -0.4 is 5.32 Å². The predicted molar refractivity (Wildman–Crippen MR) is 65.1 cm³/mol. The van der Waals surface area contributed by atoms with E-state index in [0.717, 1.165) is 16.9 Å². The third-order valence-corrected chi connectivity index (χ3v) is 3.19. The van der Waals surface area contributed by atoms with Gasteiger partial charge in [0.2, 0.25) is 5.91 Å². The summed E-state index contributed by atoms with van der Waals surface area (Å²) >= 11 is 5.93. The van der Waals surface area contributed by atoms with Crippen LogP contribution in [-0.4, -0.2) is 16.1 Å². The molecule has 0 radical (unpaired) electrons. The standard InChI is InChI=1S/C12H10ClN3O/c13-7-1-2-8-9(10-3-4-14-16-10)6-12(17)15-11(8)5-7/h1-5,9H,6H2,(H,14,16)(H,15,17). The Morgan fingerprint density at radius 1 is 1.35 bits per heavy atom. The lowest BCUT2D eigenvalue weighted by Crippen LogP contribution is -2.23. The van der Waals surface area contributed by atoms with Crippen molar-refractivity contribution < 1.29 is 4.79 Å². The van der Waals surface area contributed by atoms with E-state index in [1.54, 1.807) is 12.3 Å². The normalized spacial score (nSPS) is 18.6. The first-order chi connectivity index (χ1) is 8.24. The molecule has 0 fully saturated rings. The van der Waals surface area contributed by atoms with Crippen molar-refractivity contribution in [3.8, 4) is 0 Å². The summed E-state index contributed by atoms with van der Waals surface area (Å²) in [6, 6.07) is 7.45. The highest BCUT2D eigenvalue weighted by molar-refractivity contribution is 6.31. The van der Waals surface area contributed by atoms with Crippen LogP contribution >= 0.6 is 11.6 Å². The first-order valence-electron chi connectivity index (χ1n) is 5.32. The van der Waals surface area contributed by atoms with Crippen LogP contribution in [0.1, 0.15) is 23.6 Å². The summed E-state index contributed by atoms with van der Waals surface area (Å²) in [4.78, 5) is 11.7. The van der Waals surface area contributed by atoms with Crippen molar-refractivity contribution >= 4 is 23.2 Å². The van der Waals surface area contributed by atoms with Crippen LogP contribution in [0.15, 0.2) is 30.5 Å². The van der Waals surface area contributed by atoms with Crippen LogP contribution in [0.4, 0.5) is 5.69 Å². The average Bonchev–Trinajstić information content (AvgIpc) is 2.80. The van der Waals surface area contributed by atoms with E-state index in [1.807, 2.05) is 18.2 Å². The van der Waals surface area contributed by atoms with Crippen LogP contribution in [0.5, 0.6) is 0 Å². The first-order valence-corrected chi connectivity index (χ1v) is 5.70. The van der Waals surface area contributed by atoms with E-state index < -0.39 is 0 Å². The quantitative estimate of drug-likeness (QED) is 0.814. The highest BCUT2D eigenvalue weighted by Crippen LogP contribution is 2.37. The molecule has 0 saturated carbocycles. The summed E-state index contributed by atoms with van der Waals surface area (Å²) < 4.78 is 0. The Balaban J connectivity index is 2.11. The van der Waals surface area contributed by atoms with Gasteiger partial charge in [0.1, 0.15) is 0 Å². The second-order valence-corrected chi connectivity index (χ2v) is 4.48. The topological polar surface area (TPSA) is 57.8 Å². The molecular weight excluding hydrogens is 238 g/mol. The van der Waals surface area contributed by atoms with Crippen LogP contribution in [0, 0.1) is 0 Å². The highest BCUT2D eigenvalue weighted by Gasteiger charge is 2.27. The van der Waals surface area contributed by atoms with E-state index in [-0.39, 0.29) is 11.8 Å². The minimum Gasteiger partial charge on any atom is -0.326 e. The molecule has 1 aromatic carbocycles. The monoisotopic (exact) mass is 247 g/mol. The number of H-pyrrole nitrogens is 1. The second kappa shape index (κ2) is 3.89. The second-order valence-electron chi connectivity index (χ2n) is 4.05. The molecule has 1 amide bonds. The number of fused-ring (bicyclic) bond motifs is 1. The summed E-state index contributed by atoms with van der Waals surface area (Å²) in [5.41, 5.74) is 2.80. The van der Waals surface area contributed by atoms with Crippen molar-refractivity contribution in [1.82, 2.24) is 10.2 Å². The SMILES string of the molecule is O=C1CC(c2ccn[nH]2)c2ccc(Cl)cc2N1. The Kier molecular flexibility index (Phi) is 2.37. The predicted octanol–water partition coefficient (Wildman–Crippen LogP) is 2.54. The lowest BCUT2D eigenvalue weighted by Gasteiger charge is -2.24. The summed E-state index contributed by atoms with van der Waals surface area (Å²) in [5, 5.41) is 10.3. The number of rotatable bonds is 1. The maximum absolute atomic E-state index is 11.7. The van der Waals surface area contributed by atoms with Crippen LogP contribution in [0.25, 0.3) is 0 Å². The number of benzene rings is 1. The van der Waals surface area contributed by atoms with Gasteiger partial charge in [0.15, 0.2) is 0 Å². The molecule has 17 heavy (non-hydrogen) atoms. The zero-order valence-electron chi connectivity index (χ0n) is 8.90. The number of aromatic nitrogens is 2. The van der Waals surface area contributed by atoms with Gasteiger partial charge in [0, 0.05) is 34.9 Å². The van der Waals surface area contributed by atoms with Gasteiger partial charge >= 0.3 is 0 Å². The van der Waals surface area contributed by atoms with Gasteiger partial charge in [-0.3, -0.25) is 9.89 Å². The van der Waals surface area contributed by atoms with E-state index >= 15 is 0 Å². The summed E-state index contributed by atoms with van der Waals surface area (Å²) in [6.07, 6.45) is 2.12. The largest absolute Gasteiger partial charge is 0.326 e. The van der Waals surface area contributed by atoms with Crippen LogP contribution in [0.2, 0.25) is 5.02 Å². The maximum atomic E-state index is 11.7. The molecule has 2 heterocycles. The number of carbonyl (C=O) groups is 1. The van der Waals surface area contributed by atoms with Crippen molar-refractivity contribution in [2.45, 2.75) is 12.3 Å². The van der Waals surface area contributed by atoms with Crippen molar-refractivity contribution in [3.63, 3.8) is 0 Å². The minimum absolute atomic E-state index is 0.000586. The van der Waals surface area contributed by atoms with E-state index in [9.17, 15) is 4.79 Å². The zero-order valence-corrected chi connectivity index (χ0v) is 9.66. The molecule has 5 heteroatoms. The minimum atomic E-state index is -0.000586. The lowest BCUT2D eigenvalue weighted by atomic mass is 9.88. The molecule has 4 nitrogen and oxygen atoms in total. The van der Waals surface area contributed by atoms with Crippen LogP contribution in [0.3, 0.4) is 0 Å². The molecule has 3 rings (SSSR count). The Bertz CT molecular complexity index is 565. The molecule has 1 unspecified atom stereocenters. The molecule has 1 aliphatic heterocycles. The fraction of sp³-hybridized carbons (Fsp3) is 0.167. The van der Waals surface area contributed by atoms with E-state index in [1.165, 1.54) is 0 Å². The number of carbonyl (C=O) groups excluding carboxylic acids is 1. The molecule has 0 bridgehead atoms. The van der Waals surface area contributed by atoms with Gasteiger partial charge < -0.3 is 5.32 Å². The third-order valence-electron chi connectivity index (χ3n) is 2.95. The number of nitrogens with one attached hydrogen (secondary N) is 2. The van der Waals surface area contributed by atoms with Gasteiger partial charge in [-0.25, -0.2) is 0 Å². The number of hydrogen-bond acceptors (Lipinski definition) is 2. The van der Waals surface area contributed by atoms with Gasteiger partial charge in [-0.1, -0.05) is 17.7 Å². The maximum Gasteiger partial charge on any atom is 0.225 e. The molecule has 2 aromatic rings. The third kappa shape index (κ3) is 1.80. The first kappa shape index (κ1) is 10.4. The summed E-state index contributed by atoms with van der Waals surface area (Å²) in [6.45, 7) is 0. The van der Waals surface area contributed by atoms with Crippen molar-refractivity contribution in [1.29, 1.82) is 0 Å². The zero-order chi connectivity index (χ0) is 11.8. The number of aromatic amines is 1. The smallest absolute Gasteiger partial charge is 0.225 e. The molecule has 0 saturated heterocycles. The molecular formula is C12H10ClN3O. The lowest BCUT2D eigenvalue weighted by molar-refractivity contribution is -0.116. The number of halogens is 1. The van der Waals surface area contributed by atoms with E-state index in [2.05, 4.69) is 15.5 Å². The van der Waals surface area contributed by atoms with Crippen molar-refractivity contribution in [2.75, 3.05) is 5.32 Å². The summed E-state index contributed by atoms with van der Waals surface area (Å²) in [7, 11) is 0. The molecule has 0 aliphatic carbocycles. The molecule has 1 aromatic heterocycles. The Labute approximate surface area is 103 Å². The molecule has 2 N–H and O–H groups in total. The molecule has 1 atom stereocenters. The number of amides is 1. The van der Waals surface area contributed by atoms with E-state index in [0.29, 0.717) is 11.4 Å². The van der Waals surface area contributed by atoms with Gasteiger partial charge in [-0.15, -0.1) is 0 Å².